The van der Waals surface area contributed by atoms with Crippen LogP contribution in [-0.4, -0.2) is 93.3 Å². The van der Waals surface area contributed by atoms with Gasteiger partial charge in [-0.2, -0.15) is 0 Å². The number of ether oxygens (including phenoxy) is 1. The molecule has 1 aliphatic heterocycles. The van der Waals surface area contributed by atoms with Gasteiger partial charge in [0.15, 0.2) is 18.8 Å². The zero-order valence-electron chi connectivity index (χ0n) is 19.2. The molecular formula is C24H29N3O8. The Morgan fingerprint density at radius 1 is 1.26 bits per heavy atom. The summed E-state index contributed by atoms with van der Waals surface area (Å²) < 4.78 is 4.89. The third-order valence-corrected chi connectivity index (χ3v) is 6.44. The van der Waals surface area contributed by atoms with Crippen LogP contribution >= 0.6 is 0 Å². The van der Waals surface area contributed by atoms with Gasteiger partial charge in [-0.05, 0) is 43.0 Å². The predicted molar refractivity (Wildman–Crippen MR) is 125 cm³/mol. The standard InChI is InChI=1S/C20H23N3O2.C4H6O6/c1-3-7-25-20(24)22-10-13-8-16-15-5-4-6-17-19(15)14(11-21-17)9-18(16)23(2)12-13;5-1(3(7)8)2(6)4(9)10/h1,4-6,11,13,16,18,21H,7-10,12H2,2H3,(H,22,24);1-2,5-6H,(H,7,8)(H,9,10)/t13-,16?,18+;/m0./s1. The highest BCUT2D eigenvalue weighted by Crippen LogP contribution is 2.44. The van der Waals surface area contributed by atoms with Gasteiger partial charge in [-0.25, -0.2) is 14.4 Å². The van der Waals surface area contributed by atoms with Crippen molar-refractivity contribution in [3.05, 3.63) is 35.5 Å². The molecule has 188 valence electrons. The third kappa shape index (κ3) is 5.92. The first-order valence-electron chi connectivity index (χ1n) is 11.1. The lowest BCUT2D eigenvalue weighted by molar-refractivity contribution is -0.165. The van der Waals surface area contributed by atoms with Crippen molar-refractivity contribution in [3.8, 4) is 12.3 Å². The molecule has 0 saturated carbocycles. The van der Waals surface area contributed by atoms with E-state index in [0.29, 0.717) is 24.4 Å². The highest BCUT2D eigenvalue weighted by molar-refractivity contribution is 5.88. The Balaban J connectivity index is 0.000000292. The van der Waals surface area contributed by atoms with Crippen LogP contribution in [0.3, 0.4) is 0 Å². The Bertz CT molecular complexity index is 1110. The topological polar surface area (TPSA) is 172 Å². The molecule has 4 rings (SSSR count). The second-order valence-electron chi connectivity index (χ2n) is 8.73. The number of likely N-dealkylation sites (N-methyl/N-ethyl adjacent to an activating group) is 1. The van der Waals surface area contributed by atoms with Crippen LogP contribution in [0.25, 0.3) is 10.9 Å². The number of nitrogens with one attached hydrogen (secondary N) is 2. The maximum Gasteiger partial charge on any atom is 0.408 e. The van der Waals surface area contributed by atoms with E-state index in [1.54, 1.807) is 0 Å². The molecule has 2 aromatic rings. The zero-order valence-corrected chi connectivity index (χ0v) is 19.2. The Morgan fingerprint density at radius 2 is 1.94 bits per heavy atom. The number of nitrogens with zero attached hydrogens (tertiary/aromatic N) is 1. The van der Waals surface area contributed by atoms with Crippen molar-refractivity contribution < 1.29 is 39.5 Å². The van der Waals surface area contributed by atoms with Crippen LogP contribution in [-0.2, 0) is 20.7 Å². The van der Waals surface area contributed by atoms with Crippen LogP contribution in [0, 0.1) is 18.3 Å². The first-order chi connectivity index (χ1) is 16.6. The van der Waals surface area contributed by atoms with E-state index in [1.807, 2.05) is 0 Å². The number of aromatic amines is 1. The van der Waals surface area contributed by atoms with Gasteiger partial charge in [0.2, 0.25) is 0 Å². The molecule has 1 fully saturated rings. The number of carboxylic acid groups (broad SMARTS) is 2. The number of aliphatic carboxylic acids is 2. The molecule has 0 bridgehead atoms. The number of likely N-dealkylation sites (tertiary alicyclic amines) is 1. The molecule has 1 amide bonds. The average molecular weight is 488 g/mol. The van der Waals surface area contributed by atoms with Crippen LogP contribution in [0.2, 0.25) is 0 Å². The number of amides is 1. The smallest absolute Gasteiger partial charge is 0.408 e. The number of aliphatic hydroxyl groups is 2. The maximum absolute atomic E-state index is 11.6. The number of rotatable bonds is 6. The SMILES string of the molecule is C#CCOC(=O)NC[C@@H]1CC2c3cccc4[nH]cc(c34)C[C@H]2N(C)C1.O=C(O)C(O)C(O)C(=O)O. The summed E-state index contributed by atoms with van der Waals surface area (Å²) in [6, 6.07) is 7.08. The fraction of sp³-hybridized carbons (Fsp3) is 0.458. The quantitative estimate of drug-likeness (QED) is 0.315. The van der Waals surface area contributed by atoms with E-state index in [9.17, 15) is 14.4 Å². The van der Waals surface area contributed by atoms with Gasteiger partial charge in [-0.15, -0.1) is 6.42 Å². The van der Waals surface area contributed by atoms with E-state index in [0.717, 1.165) is 19.4 Å². The van der Waals surface area contributed by atoms with Crippen molar-refractivity contribution in [1.29, 1.82) is 0 Å². The summed E-state index contributed by atoms with van der Waals surface area (Å²) in [5, 5.41) is 36.8. The minimum absolute atomic E-state index is 0.0133. The molecule has 35 heavy (non-hydrogen) atoms. The summed E-state index contributed by atoms with van der Waals surface area (Å²) in [7, 11) is 2.19. The molecule has 2 heterocycles. The monoisotopic (exact) mass is 487 g/mol. The summed E-state index contributed by atoms with van der Waals surface area (Å²) in [6.45, 7) is 1.61. The van der Waals surface area contributed by atoms with Crippen LogP contribution < -0.4 is 5.32 Å². The number of carbonyl (C=O) groups is 3. The minimum atomic E-state index is -2.27. The number of aromatic nitrogens is 1. The van der Waals surface area contributed by atoms with Gasteiger partial charge >= 0.3 is 18.0 Å². The van der Waals surface area contributed by atoms with Crippen molar-refractivity contribution in [2.24, 2.45) is 5.92 Å². The largest absolute Gasteiger partial charge is 0.479 e. The number of H-pyrrole nitrogens is 1. The number of hydrogen-bond acceptors (Lipinski definition) is 7. The van der Waals surface area contributed by atoms with Gasteiger partial charge in [-0.1, -0.05) is 18.1 Å². The van der Waals surface area contributed by atoms with E-state index in [4.69, 9.17) is 31.6 Å². The minimum Gasteiger partial charge on any atom is -0.479 e. The molecule has 0 spiro atoms. The van der Waals surface area contributed by atoms with Gasteiger partial charge in [0, 0.05) is 42.1 Å². The van der Waals surface area contributed by atoms with Gasteiger partial charge in [0.1, 0.15) is 0 Å². The number of fused-ring (bicyclic) bond motifs is 2. The molecule has 2 aliphatic rings. The summed E-state index contributed by atoms with van der Waals surface area (Å²) >= 11 is 0. The van der Waals surface area contributed by atoms with Crippen LogP contribution in [0.5, 0.6) is 0 Å². The number of carbonyl (C=O) groups excluding carboxylic acids is 1. The zero-order chi connectivity index (χ0) is 25.7. The Labute approximate surface area is 201 Å². The van der Waals surface area contributed by atoms with Crippen molar-refractivity contribution in [3.63, 3.8) is 0 Å². The number of aliphatic hydroxyl groups excluding tert-OH is 2. The molecule has 5 atom stereocenters. The van der Waals surface area contributed by atoms with Crippen LogP contribution in [0.15, 0.2) is 24.4 Å². The first kappa shape index (κ1) is 26.0. The summed E-state index contributed by atoms with van der Waals surface area (Å²) in [5.74, 6) is -0.330. The Hall–Kier alpha value is -3.59. The molecule has 1 aromatic heterocycles. The molecule has 0 radical (unpaired) electrons. The molecule has 11 nitrogen and oxygen atoms in total. The second-order valence-corrected chi connectivity index (χ2v) is 8.73. The molecule has 3 unspecified atom stereocenters. The van der Waals surface area contributed by atoms with Gasteiger partial charge in [0.05, 0.1) is 0 Å². The van der Waals surface area contributed by atoms with E-state index in [-0.39, 0.29) is 6.61 Å². The molecule has 1 aliphatic carbocycles. The first-order valence-corrected chi connectivity index (χ1v) is 11.1. The lowest BCUT2D eigenvalue weighted by atomic mass is 9.72. The molecular weight excluding hydrogens is 458 g/mol. The van der Waals surface area contributed by atoms with Gasteiger partial charge in [0.25, 0.3) is 0 Å². The lowest BCUT2D eigenvalue weighted by Crippen LogP contribution is -2.50. The second kappa shape index (κ2) is 11.2. The fourth-order valence-corrected chi connectivity index (χ4v) is 4.86. The average Bonchev–Trinajstić information content (AvgIpc) is 3.25. The fourth-order valence-electron chi connectivity index (χ4n) is 4.86. The number of terminal acetylenes is 1. The van der Waals surface area contributed by atoms with E-state index >= 15 is 0 Å². The van der Waals surface area contributed by atoms with Gasteiger partial charge < -0.3 is 40.4 Å². The highest BCUT2D eigenvalue weighted by Gasteiger charge is 2.39. The summed E-state index contributed by atoms with van der Waals surface area (Å²) in [6.07, 6.45) is 4.47. The number of alkyl carbamates (subject to hydrolysis) is 1. The maximum atomic E-state index is 11.6. The predicted octanol–water partition coefficient (Wildman–Crippen LogP) is 0.365. The summed E-state index contributed by atoms with van der Waals surface area (Å²) in [5.41, 5.74) is 4.09. The number of piperidine rings is 1. The number of carboxylic acids is 2. The molecule has 1 saturated heterocycles. The molecule has 1 aromatic carbocycles. The van der Waals surface area contributed by atoms with Crippen molar-refractivity contribution in [2.45, 2.75) is 37.0 Å². The van der Waals surface area contributed by atoms with Crippen molar-refractivity contribution in [1.82, 2.24) is 15.2 Å². The molecule has 6 N–H and O–H groups in total. The van der Waals surface area contributed by atoms with Crippen LogP contribution in [0.1, 0.15) is 23.5 Å². The number of hydrogen-bond donors (Lipinski definition) is 6. The Morgan fingerprint density at radius 3 is 2.57 bits per heavy atom. The van der Waals surface area contributed by atoms with Crippen molar-refractivity contribution in [2.75, 3.05) is 26.7 Å². The highest BCUT2D eigenvalue weighted by atomic mass is 16.5. The van der Waals surface area contributed by atoms with Crippen LogP contribution in [0.4, 0.5) is 4.79 Å². The van der Waals surface area contributed by atoms with E-state index in [2.05, 4.69) is 52.6 Å². The van der Waals surface area contributed by atoms with Gasteiger partial charge in [-0.3, -0.25) is 0 Å². The summed E-state index contributed by atoms with van der Waals surface area (Å²) in [4.78, 5) is 37.0. The third-order valence-electron chi connectivity index (χ3n) is 6.44. The van der Waals surface area contributed by atoms with E-state index < -0.39 is 30.2 Å². The normalized spacial score (nSPS) is 22.5. The lowest BCUT2D eigenvalue weighted by Gasteiger charge is -2.45. The van der Waals surface area contributed by atoms with Crippen molar-refractivity contribution >= 4 is 28.9 Å². The Kier molecular flexibility index (Phi) is 8.34. The number of benzene rings is 1. The van der Waals surface area contributed by atoms with E-state index in [1.165, 1.54) is 22.0 Å². The molecule has 11 heteroatoms.